The molecule has 0 amide bonds. The highest BCUT2D eigenvalue weighted by Gasteiger charge is 2.11. The predicted molar refractivity (Wildman–Crippen MR) is 74.1 cm³/mol. The van der Waals surface area contributed by atoms with Crippen molar-refractivity contribution in [2.24, 2.45) is 21.7 Å². The van der Waals surface area contributed by atoms with E-state index in [0.29, 0.717) is 17.9 Å². The van der Waals surface area contributed by atoms with Gasteiger partial charge in [-0.15, -0.1) is 5.10 Å². The van der Waals surface area contributed by atoms with Crippen molar-refractivity contribution >= 4 is 18.1 Å². The Bertz CT molecular complexity index is 524. The van der Waals surface area contributed by atoms with Gasteiger partial charge in [-0.25, -0.2) is 4.79 Å². The van der Waals surface area contributed by atoms with E-state index in [1.54, 1.807) is 25.1 Å². The molecule has 0 aliphatic carbocycles. The SMILES string of the molecule is CCOc1cccc(C=NN=C(N)N)c1OCC(=O)O. The van der Waals surface area contributed by atoms with Gasteiger partial charge in [-0.2, -0.15) is 5.10 Å². The largest absolute Gasteiger partial charge is 0.490 e. The maximum atomic E-state index is 10.6. The quantitative estimate of drug-likeness (QED) is 0.370. The highest BCUT2D eigenvalue weighted by Crippen LogP contribution is 2.30. The Morgan fingerprint density at radius 1 is 1.40 bits per heavy atom. The van der Waals surface area contributed by atoms with Gasteiger partial charge in [-0.1, -0.05) is 6.07 Å². The van der Waals surface area contributed by atoms with Crippen LogP contribution in [0.2, 0.25) is 0 Å². The third-order valence-corrected chi connectivity index (χ3v) is 2.02. The normalized spacial score (nSPS) is 10.2. The molecule has 0 unspecified atom stereocenters. The first-order valence-electron chi connectivity index (χ1n) is 5.77. The van der Waals surface area contributed by atoms with E-state index in [-0.39, 0.29) is 11.7 Å². The lowest BCUT2D eigenvalue weighted by atomic mass is 10.2. The summed E-state index contributed by atoms with van der Waals surface area (Å²) in [5.74, 6) is -0.590. The summed E-state index contributed by atoms with van der Waals surface area (Å²) in [5, 5.41) is 15.8. The Balaban J connectivity index is 3.07. The van der Waals surface area contributed by atoms with Gasteiger partial charge in [-0.05, 0) is 19.1 Å². The molecule has 0 aliphatic heterocycles. The van der Waals surface area contributed by atoms with Crippen LogP contribution in [0.3, 0.4) is 0 Å². The van der Waals surface area contributed by atoms with E-state index in [0.717, 1.165) is 0 Å². The van der Waals surface area contributed by atoms with E-state index < -0.39 is 12.6 Å². The number of aliphatic carboxylic acids is 1. The van der Waals surface area contributed by atoms with Crippen LogP contribution in [-0.2, 0) is 4.79 Å². The molecule has 0 fully saturated rings. The van der Waals surface area contributed by atoms with Gasteiger partial charge >= 0.3 is 5.97 Å². The molecule has 0 spiro atoms. The van der Waals surface area contributed by atoms with Crippen molar-refractivity contribution in [1.82, 2.24) is 0 Å². The minimum absolute atomic E-state index is 0.185. The molecule has 20 heavy (non-hydrogen) atoms. The van der Waals surface area contributed by atoms with Crippen LogP contribution in [0.1, 0.15) is 12.5 Å². The second-order valence-electron chi connectivity index (χ2n) is 3.56. The lowest BCUT2D eigenvalue weighted by molar-refractivity contribution is -0.139. The third kappa shape index (κ3) is 4.84. The molecule has 0 saturated heterocycles. The molecule has 8 nitrogen and oxygen atoms in total. The molecule has 0 saturated carbocycles. The van der Waals surface area contributed by atoms with Crippen LogP contribution in [0.15, 0.2) is 28.4 Å². The molecule has 1 aromatic rings. The number of rotatable bonds is 7. The van der Waals surface area contributed by atoms with Crippen molar-refractivity contribution in [1.29, 1.82) is 0 Å². The van der Waals surface area contributed by atoms with Gasteiger partial charge in [0.25, 0.3) is 0 Å². The molecular weight excluding hydrogens is 264 g/mol. The Morgan fingerprint density at radius 3 is 2.75 bits per heavy atom. The van der Waals surface area contributed by atoms with Crippen molar-refractivity contribution < 1.29 is 19.4 Å². The molecule has 0 atom stereocenters. The first-order valence-corrected chi connectivity index (χ1v) is 5.77. The molecular formula is C12H16N4O4. The Kier molecular flexibility index (Phi) is 5.82. The zero-order valence-corrected chi connectivity index (χ0v) is 10.9. The van der Waals surface area contributed by atoms with Crippen LogP contribution in [0.25, 0.3) is 0 Å². The number of guanidine groups is 1. The summed E-state index contributed by atoms with van der Waals surface area (Å²) in [5.41, 5.74) is 10.8. The lowest BCUT2D eigenvalue weighted by Crippen LogP contribution is -2.21. The fourth-order valence-corrected chi connectivity index (χ4v) is 1.35. The summed E-state index contributed by atoms with van der Waals surface area (Å²) in [4.78, 5) is 10.6. The van der Waals surface area contributed by atoms with Crippen LogP contribution in [-0.4, -0.2) is 36.5 Å². The number of carboxylic acid groups (broad SMARTS) is 1. The molecule has 1 aromatic carbocycles. The van der Waals surface area contributed by atoms with Crippen molar-refractivity contribution in [3.63, 3.8) is 0 Å². The maximum absolute atomic E-state index is 10.6. The van der Waals surface area contributed by atoms with Crippen LogP contribution in [0, 0.1) is 0 Å². The van der Waals surface area contributed by atoms with Crippen LogP contribution in [0.4, 0.5) is 0 Å². The van der Waals surface area contributed by atoms with Crippen molar-refractivity contribution in [3.8, 4) is 11.5 Å². The van der Waals surface area contributed by atoms with E-state index in [2.05, 4.69) is 10.2 Å². The zero-order valence-electron chi connectivity index (χ0n) is 10.9. The average Bonchev–Trinajstić information content (AvgIpc) is 2.37. The number of para-hydroxylation sites is 1. The molecule has 8 heteroatoms. The maximum Gasteiger partial charge on any atom is 0.341 e. The summed E-state index contributed by atoms with van der Waals surface area (Å²) < 4.78 is 10.6. The molecule has 0 radical (unpaired) electrons. The number of carboxylic acids is 1. The Hall–Kier alpha value is -2.77. The van der Waals surface area contributed by atoms with Crippen LogP contribution < -0.4 is 20.9 Å². The minimum atomic E-state index is -1.09. The monoisotopic (exact) mass is 280 g/mol. The summed E-state index contributed by atoms with van der Waals surface area (Å²) in [6.45, 7) is 1.73. The second-order valence-corrected chi connectivity index (χ2v) is 3.56. The number of hydrogen-bond donors (Lipinski definition) is 3. The smallest absolute Gasteiger partial charge is 0.341 e. The van der Waals surface area contributed by atoms with Gasteiger partial charge < -0.3 is 26.0 Å². The van der Waals surface area contributed by atoms with Crippen LogP contribution >= 0.6 is 0 Å². The molecule has 0 aromatic heterocycles. The topological polar surface area (TPSA) is 133 Å². The van der Waals surface area contributed by atoms with Crippen molar-refractivity contribution in [2.75, 3.05) is 13.2 Å². The second kappa shape index (κ2) is 7.62. The first-order chi connectivity index (χ1) is 9.54. The molecule has 0 aliphatic rings. The zero-order chi connectivity index (χ0) is 15.0. The molecule has 0 bridgehead atoms. The van der Waals surface area contributed by atoms with Gasteiger partial charge in [0.05, 0.1) is 12.8 Å². The third-order valence-electron chi connectivity index (χ3n) is 2.02. The molecule has 5 N–H and O–H groups in total. The van der Waals surface area contributed by atoms with E-state index in [1.807, 2.05) is 0 Å². The number of benzene rings is 1. The molecule has 0 heterocycles. The van der Waals surface area contributed by atoms with E-state index >= 15 is 0 Å². The lowest BCUT2D eigenvalue weighted by Gasteiger charge is -2.12. The van der Waals surface area contributed by atoms with Gasteiger partial charge in [0, 0.05) is 5.56 Å². The summed E-state index contributed by atoms with van der Waals surface area (Å²) in [7, 11) is 0. The van der Waals surface area contributed by atoms with E-state index in [9.17, 15) is 4.79 Å². The number of nitrogens with zero attached hydrogens (tertiary/aromatic N) is 2. The average molecular weight is 280 g/mol. The summed E-state index contributed by atoms with van der Waals surface area (Å²) >= 11 is 0. The standard InChI is InChI=1S/C12H16N4O4/c1-2-19-9-5-3-4-8(6-15-16-12(13)14)11(9)20-7-10(17)18/h3-6H,2,7H2,1H3,(H,17,18)(H4,13,14,16). The van der Waals surface area contributed by atoms with Gasteiger partial charge in [0.15, 0.2) is 18.1 Å². The van der Waals surface area contributed by atoms with Crippen molar-refractivity contribution in [2.45, 2.75) is 6.92 Å². The predicted octanol–water partition coefficient (Wildman–Crippen LogP) is 0.156. The minimum Gasteiger partial charge on any atom is -0.490 e. The van der Waals surface area contributed by atoms with Gasteiger partial charge in [0.2, 0.25) is 5.96 Å². The number of carbonyl (C=O) groups is 1. The fourth-order valence-electron chi connectivity index (χ4n) is 1.35. The number of hydrogen-bond acceptors (Lipinski definition) is 5. The highest BCUT2D eigenvalue weighted by molar-refractivity contribution is 5.86. The molecule has 108 valence electrons. The Labute approximate surface area is 115 Å². The number of ether oxygens (including phenoxy) is 2. The first kappa shape index (κ1) is 15.3. The fraction of sp³-hybridized carbons (Fsp3) is 0.250. The van der Waals surface area contributed by atoms with E-state index in [4.69, 9.17) is 26.0 Å². The number of nitrogens with two attached hydrogens (primary N) is 2. The van der Waals surface area contributed by atoms with Gasteiger partial charge in [0.1, 0.15) is 0 Å². The highest BCUT2D eigenvalue weighted by atomic mass is 16.5. The molecule has 1 rings (SSSR count). The van der Waals surface area contributed by atoms with E-state index in [1.165, 1.54) is 6.21 Å². The van der Waals surface area contributed by atoms with Crippen LogP contribution in [0.5, 0.6) is 11.5 Å². The summed E-state index contributed by atoms with van der Waals surface area (Å²) in [6, 6.07) is 5.06. The summed E-state index contributed by atoms with van der Waals surface area (Å²) in [6.07, 6.45) is 1.35. The Morgan fingerprint density at radius 2 is 2.15 bits per heavy atom. The van der Waals surface area contributed by atoms with Gasteiger partial charge in [-0.3, -0.25) is 0 Å². The van der Waals surface area contributed by atoms with Crippen molar-refractivity contribution in [3.05, 3.63) is 23.8 Å².